The average molecular weight is 315 g/mol. The van der Waals surface area contributed by atoms with E-state index in [0.29, 0.717) is 22.0 Å². The van der Waals surface area contributed by atoms with E-state index in [1.807, 2.05) is 36.0 Å². The van der Waals surface area contributed by atoms with Gasteiger partial charge in [0.05, 0.1) is 12.8 Å². The Morgan fingerprint density at radius 3 is 2.77 bits per heavy atom. The Balaban J connectivity index is 1.91. The molecule has 0 aliphatic carbocycles. The Morgan fingerprint density at radius 2 is 2.00 bits per heavy atom. The van der Waals surface area contributed by atoms with E-state index in [0.717, 1.165) is 10.9 Å². The summed E-state index contributed by atoms with van der Waals surface area (Å²) in [4.78, 5) is 12.4. The second-order valence-corrected chi connectivity index (χ2v) is 5.44. The second-order valence-electron chi connectivity index (χ2n) is 5.00. The number of benzene rings is 2. The smallest absolute Gasteiger partial charge is 0.255 e. The van der Waals surface area contributed by atoms with Gasteiger partial charge in [0.1, 0.15) is 5.75 Å². The lowest BCUT2D eigenvalue weighted by atomic mass is 10.1. The highest BCUT2D eigenvalue weighted by atomic mass is 35.5. The van der Waals surface area contributed by atoms with Gasteiger partial charge in [-0.1, -0.05) is 11.6 Å². The van der Waals surface area contributed by atoms with Crippen LogP contribution in [0.15, 0.2) is 48.7 Å². The summed E-state index contributed by atoms with van der Waals surface area (Å²) in [5, 5.41) is 4.39. The third kappa shape index (κ3) is 2.65. The van der Waals surface area contributed by atoms with Crippen molar-refractivity contribution >= 4 is 34.1 Å². The summed E-state index contributed by atoms with van der Waals surface area (Å²) in [6.07, 6.45) is 1.96. The van der Waals surface area contributed by atoms with Crippen LogP contribution in [0.25, 0.3) is 10.9 Å². The maximum atomic E-state index is 12.4. The van der Waals surface area contributed by atoms with Crippen LogP contribution in [0.1, 0.15) is 10.4 Å². The first-order chi connectivity index (χ1) is 10.6. The van der Waals surface area contributed by atoms with Gasteiger partial charge in [0.25, 0.3) is 5.91 Å². The van der Waals surface area contributed by atoms with Crippen molar-refractivity contribution in [3.05, 3.63) is 59.2 Å². The van der Waals surface area contributed by atoms with Crippen molar-refractivity contribution < 1.29 is 9.53 Å². The van der Waals surface area contributed by atoms with Crippen molar-refractivity contribution in [2.75, 3.05) is 12.4 Å². The van der Waals surface area contributed by atoms with Crippen molar-refractivity contribution in [2.24, 2.45) is 7.05 Å². The van der Waals surface area contributed by atoms with Crippen LogP contribution in [0.4, 0.5) is 5.69 Å². The van der Waals surface area contributed by atoms with E-state index in [1.54, 1.807) is 31.4 Å². The highest BCUT2D eigenvalue weighted by Gasteiger charge is 2.11. The van der Waals surface area contributed by atoms with Gasteiger partial charge in [0.15, 0.2) is 0 Å². The summed E-state index contributed by atoms with van der Waals surface area (Å²) in [5.41, 5.74) is 2.21. The fraction of sp³-hybridized carbons (Fsp3) is 0.118. The summed E-state index contributed by atoms with van der Waals surface area (Å²) in [5.74, 6) is 0.366. The zero-order valence-electron chi connectivity index (χ0n) is 12.3. The monoisotopic (exact) mass is 314 g/mol. The Hall–Kier alpha value is -2.46. The number of methoxy groups -OCH3 is 1. The first kappa shape index (κ1) is 14.5. The van der Waals surface area contributed by atoms with Crippen molar-refractivity contribution in [2.45, 2.75) is 0 Å². The summed E-state index contributed by atoms with van der Waals surface area (Å²) in [7, 11) is 3.52. The Morgan fingerprint density at radius 1 is 1.18 bits per heavy atom. The predicted molar refractivity (Wildman–Crippen MR) is 88.9 cm³/mol. The minimum Gasteiger partial charge on any atom is -0.495 e. The zero-order chi connectivity index (χ0) is 15.7. The van der Waals surface area contributed by atoms with Crippen LogP contribution in [0.3, 0.4) is 0 Å². The Kier molecular flexibility index (Phi) is 3.77. The molecule has 0 radical (unpaired) electrons. The quantitative estimate of drug-likeness (QED) is 0.791. The number of fused-ring (bicyclic) bond motifs is 1. The highest BCUT2D eigenvalue weighted by Crippen LogP contribution is 2.28. The molecule has 0 aliphatic rings. The molecule has 4 nitrogen and oxygen atoms in total. The lowest BCUT2D eigenvalue weighted by Gasteiger charge is -2.10. The van der Waals surface area contributed by atoms with E-state index in [4.69, 9.17) is 16.3 Å². The molecular weight excluding hydrogens is 300 g/mol. The van der Waals surface area contributed by atoms with Gasteiger partial charge in [-0.05, 0) is 42.5 Å². The molecule has 0 atom stereocenters. The minimum atomic E-state index is -0.202. The van der Waals surface area contributed by atoms with Crippen molar-refractivity contribution in [3.8, 4) is 5.75 Å². The Bertz CT molecular complexity index is 855. The van der Waals surface area contributed by atoms with E-state index in [1.165, 1.54) is 0 Å². The van der Waals surface area contributed by atoms with Gasteiger partial charge in [-0.25, -0.2) is 0 Å². The highest BCUT2D eigenvalue weighted by molar-refractivity contribution is 6.31. The first-order valence-corrected chi connectivity index (χ1v) is 7.16. The molecule has 3 rings (SSSR count). The van der Waals surface area contributed by atoms with Crippen LogP contribution in [0.2, 0.25) is 5.02 Å². The number of nitrogens with one attached hydrogen (secondary N) is 1. The molecule has 22 heavy (non-hydrogen) atoms. The molecule has 1 heterocycles. The second kappa shape index (κ2) is 5.73. The van der Waals surface area contributed by atoms with Crippen LogP contribution in [-0.4, -0.2) is 17.6 Å². The molecule has 1 aromatic heterocycles. The molecule has 0 saturated carbocycles. The molecule has 3 aromatic rings. The standard InChI is InChI=1S/C17H15ClN2O2/c1-20-8-7-11-9-12(3-5-15(11)20)17(21)19-14-10-13(18)4-6-16(14)22-2/h3-10H,1-2H3,(H,19,21). The summed E-state index contributed by atoms with van der Waals surface area (Å²) in [6, 6.07) is 12.7. The lowest BCUT2D eigenvalue weighted by molar-refractivity contribution is 0.102. The van der Waals surface area contributed by atoms with Gasteiger partial charge in [-0.3, -0.25) is 4.79 Å². The number of hydrogen-bond acceptors (Lipinski definition) is 2. The largest absolute Gasteiger partial charge is 0.495 e. The van der Waals surface area contributed by atoms with Crippen molar-refractivity contribution in [3.63, 3.8) is 0 Å². The number of aromatic nitrogens is 1. The number of anilines is 1. The van der Waals surface area contributed by atoms with E-state index < -0.39 is 0 Å². The molecular formula is C17H15ClN2O2. The molecule has 0 aliphatic heterocycles. The van der Waals surface area contributed by atoms with Crippen LogP contribution < -0.4 is 10.1 Å². The molecule has 0 unspecified atom stereocenters. The number of rotatable bonds is 3. The van der Waals surface area contributed by atoms with Crippen molar-refractivity contribution in [1.29, 1.82) is 0 Å². The number of ether oxygens (including phenoxy) is 1. The molecule has 112 valence electrons. The minimum absolute atomic E-state index is 0.202. The molecule has 0 spiro atoms. The van der Waals surface area contributed by atoms with Gasteiger partial charge in [0.2, 0.25) is 0 Å². The fourth-order valence-corrected chi connectivity index (χ4v) is 2.57. The zero-order valence-corrected chi connectivity index (χ0v) is 13.0. The van der Waals surface area contributed by atoms with Crippen LogP contribution in [0.5, 0.6) is 5.75 Å². The first-order valence-electron chi connectivity index (χ1n) is 6.78. The van der Waals surface area contributed by atoms with Gasteiger partial charge in [-0.2, -0.15) is 0 Å². The van der Waals surface area contributed by atoms with E-state index in [9.17, 15) is 4.79 Å². The number of nitrogens with zero attached hydrogens (tertiary/aromatic N) is 1. The van der Waals surface area contributed by atoms with E-state index >= 15 is 0 Å². The number of amides is 1. The maximum Gasteiger partial charge on any atom is 0.255 e. The normalized spacial score (nSPS) is 10.7. The van der Waals surface area contributed by atoms with Gasteiger partial charge >= 0.3 is 0 Å². The molecule has 1 N–H and O–H groups in total. The molecule has 0 saturated heterocycles. The fourth-order valence-electron chi connectivity index (χ4n) is 2.40. The number of halogens is 1. The van der Waals surface area contributed by atoms with Crippen molar-refractivity contribution in [1.82, 2.24) is 4.57 Å². The molecule has 5 heteroatoms. The third-order valence-corrected chi connectivity index (χ3v) is 3.79. The SMILES string of the molecule is COc1ccc(Cl)cc1NC(=O)c1ccc2c(ccn2C)c1. The van der Waals surface area contributed by atoms with Crippen LogP contribution >= 0.6 is 11.6 Å². The van der Waals surface area contributed by atoms with Gasteiger partial charge in [-0.15, -0.1) is 0 Å². The van der Waals surface area contributed by atoms with E-state index in [2.05, 4.69) is 5.32 Å². The van der Waals surface area contributed by atoms with Crippen LogP contribution in [0, 0.1) is 0 Å². The summed E-state index contributed by atoms with van der Waals surface area (Å²) in [6.45, 7) is 0. The predicted octanol–water partition coefficient (Wildman–Crippen LogP) is 4.09. The molecule has 0 bridgehead atoms. The summed E-state index contributed by atoms with van der Waals surface area (Å²) < 4.78 is 7.24. The average Bonchev–Trinajstić information content (AvgIpc) is 2.88. The molecule has 1 amide bonds. The molecule has 0 fully saturated rings. The van der Waals surface area contributed by atoms with Gasteiger partial charge in [0, 0.05) is 34.7 Å². The molecule has 2 aromatic carbocycles. The number of hydrogen-bond donors (Lipinski definition) is 1. The summed E-state index contributed by atoms with van der Waals surface area (Å²) >= 11 is 5.97. The Labute approximate surface area is 133 Å². The number of aryl methyl sites for hydroxylation is 1. The van der Waals surface area contributed by atoms with Gasteiger partial charge < -0.3 is 14.6 Å². The topological polar surface area (TPSA) is 43.3 Å². The lowest BCUT2D eigenvalue weighted by Crippen LogP contribution is -2.12. The van der Waals surface area contributed by atoms with E-state index in [-0.39, 0.29) is 5.91 Å². The number of carbonyl (C=O) groups excluding carboxylic acids is 1. The van der Waals surface area contributed by atoms with Crippen LogP contribution in [-0.2, 0) is 7.05 Å². The third-order valence-electron chi connectivity index (χ3n) is 3.56. The number of carbonyl (C=O) groups is 1. The maximum absolute atomic E-state index is 12.4.